The van der Waals surface area contributed by atoms with Gasteiger partial charge in [-0.2, -0.15) is 0 Å². The van der Waals surface area contributed by atoms with Gasteiger partial charge in [0.25, 0.3) is 5.91 Å². The summed E-state index contributed by atoms with van der Waals surface area (Å²) in [6.07, 6.45) is 3.72. The largest absolute Gasteiger partial charge is 0.328 e. The average molecular weight is 396 g/mol. The van der Waals surface area contributed by atoms with Crippen LogP contribution in [-0.2, 0) is 16.1 Å². The van der Waals surface area contributed by atoms with Crippen LogP contribution in [0.5, 0.6) is 0 Å². The van der Waals surface area contributed by atoms with Gasteiger partial charge >= 0.3 is 0 Å². The van der Waals surface area contributed by atoms with Gasteiger partial charge in [-0.15, -0.1) is 0 Å². The number of fused-ring (bicyclic) bond motifs is 1. The Hall–Kier alpha value is -3.02. The number of carbonyl (C=O) groups is 2. The van der Waals surface area contributed by atoms with E-state index in [0.29, 0.717) is 12.1 Å². The maximum absolute atomic E-state index is 13.4. The molecule has 4 nitrogen and oxygen atoms in total. The first-order valence-electron chi connectivity index (χ1n) is 9.84. The number of benzene rings is 2. The SMILES string of the molecule is O=C(CC1=C2CCCCC2N(Cc2ccccc2)C1=O)Nc1ccc(F)c(F)c1. The van der Waals surface area contributed by atoms with E-state index >= 15 is 0 Å². The summed E-state index contributed by atoms with van der Waals surface area (Å²) in [5.41, 5.74) is 2.83. The highest BCUT2D eigenvalue weighted by atomic mass is 19.2. The Kier molecular flexibility index (Phi) is 5.43. The molecular weight excluding hydrogens is 374 g/mol. The molecule has 1 heterocycles. The lowest BCUT2D eigenvalue weighted by atomic mass is 9.88. The van der Waals surface area contributed by atoms with E-state index in [-0.39, 0.29) is 24.1 Å². The van der Waals surface area contributed by atoms with Gasteiger partial charge in [0.05, 0.1) is 12.5 Å². The lowest BCUT2D eigenvalue weighted by molar-refractivity contribution is -0.129. The summed E-state index contributed by atoms with van der Waals surface area (Å²) in [5.74, 6) is -2.50. The zero-order valence-electron chi connectivity index (χ0n) is 16.0. The van der Waals surface area contributed by atoms with Crippen LogP contribution in [0.15, 0.2) is 59.7 Å². The zero-order chi connectivity index (χ0) is 20.4. The van der Waals surface area contributed by atoms with Crippen LogP contribution < -0.4 is 5.32 Å². The molecular formula is C23H22F2N2O2. The van der Waals surface area contributed by atoms with Gasteiger partial charge in [0.15, 0.2) is 11.6 Å². The Bertz CT molecular complexity index is 972. The van der Waals surface area contributed by atoms with Crippen LogP contribution in [-0.4, -0.2) is 22.8 Å². The number of hydrogen-bond acceptors (Lipinski definition) is 2. The van der Waals surface area contributed by atoms with Crippen molar-refractivity contribution in [3.05, 3.63) is 76.9 Å². The first-order valence-corrected chi connectivity index (χ1v) is 9.84. The minimum Gasteiger partial charge on any atom is -0.328 e. The summed E-state index contributed by atoms with van der Waals surface area (Å²) in [6, 6.07) is 13.1. The van der Waals surface area contributed by atoms with Crippen LogP contribution in [0.25, 0.3) is 0 Å². The predicted molar refractivity (Wildman–Crippen MR) is 106 cm³/mol. The highest BCUT2D eigenvalue weighted by Gasteiger charge is 2.40. The third-order valence-electron chi connectivity index (χ3n) is 5.60. The zero-order valence-corrected chi connectivity index (χ0v) is 16.0. The molecule has 0 aromatic heterocycles. The fraction of sp³-hybridized carbons (Fsp3) is 0.304. The molecule has 1 saturated carbocycles. The van der Waals surface area contributed by atoms with Gasteiger partial charge < -0.3 is 10.2 Å². The number of anilines is 1. The summed E-state index contributed by atoms with van der Waals surface area (Å²) in [4.78, 5) is 27.5. The van der Waals surface area contributed by atoms with Crippen LogP contribution in [0.1, 0.15) is 37.7 Å². The van der Waals surface area contributed by atoms with E-state index in [1.807, 2.05) is 35.2 Å². The van der Waals surface area contributed by atoms with Gasteiger partial charge in [0, 0.05) is 23.9 Å². The fourth-order valence-corrected chi connectivity index (χ4v) is 4.23. The van der Waals surface area contributed by atoms with Crippen molar-refractivity contribution in [3.63, 3.8) is 0 Å². The molecule has 1 atom stereocenters. The molecule has 0 spiro atoms. The molecule has 2 amide bonds. The van der Waals surface area contributed by atoms with E-state index in [9.17, 15) is 18.4 Å². The van der Waals surface area contributed by atoms with E-state index in [1.54, 1.807) is 0 Å². The monoisotopic (exact) mass is 396 g/mol. The molecule has 0 radical (unpaired) electrons. The molecule has 2 aliphatic rings. The predicted octanol–water partition coefficient (Wildman–Crippen LogP) is 4.58. The van der Waals surface area contributed by atoms with Crippen molar-refractivity contribution in [2.75, 3.05) is 5.32 Å². The van der Waals surface area contributed by atoms with E-state index in [4.69, 9.17) is 0 Å². The number of nitrogens with one attached hydrogen (secondary N) is 1. The first-order chi connectivity index (χ1) is 14.0. The standard InChI is InChI=1S/C23H22F2N2O2/c24-19-11-10-16(12-20(19)25)26-22(28)13-18-17-8-4-5-9-21(17)27(23(18)29)14-15-6-2-1-3-7-15/h1-3,6-7,10-12,21H,4-5,8-9,13-14H2,(H,26,28). The average Bonchev–Trinajstić information content (AvgIpc) is 2.97. The molecule has 6 heteroatoms. The van der Waals surface area contributed by atoms with Crippen LogP contribution in [0.2, 0.25) is 0 Å². The summed E-state index contributed by atoms with van der Waals surface area (Å²) in [6.45, 7) is 0.516. The first kappa shape index (κ1) is 19.3. The second kappa shape index (κ2) is 8.15. The molecule has 0 bridgehead atoms. The van der Waals surface area contributed by atoms with Gasteiger partial charge in [-0.1, -0.05) is 36.8 Å². The quantitative estimate of drug-likeness (QED) is 0.805. The third-order valence-corrected chi connectivity index (χ3v) is 5.60. The lowest BCUT2D eigenvalue weighted by Gasteiger charge is -2.30. The molecule has 150 valence electrons. The van der Waals surface area contributed by atoms with Crippen molar-refractivity contribution in [1.29, 1.82) is 0 Å². The molecule has 1 unspecified atom stereocenters. The Labute approximate surface area is 168 Å². The normalized spacial score (nSPS) is 18.8. The Morgan fingerprint density at radius 1 is 1.07 bits per heavy atom. The summed E-state index contributed by atoms with van der Waals surface area (Å²) in [7, 11) is 0. The second-order valence-electron chi connectivity index (χ2n) is 7.54. The Morgan fingerprint density at radius 3 is 2.62 bits per heavy atom. The molecule has 1 fully saturated rings. The highest BCUT2D eigenvalue weighted by Crippen LogP contribution is 2.38. The van der Waals surface area contributed by atoms with Gasteiger partial charge in [-0.25, -0.2) is 8.78 Å². The maximum Gasteiger partial charge on any atom is 0.251 e. The molecule has 29 heavy (non-hydrogen) atoms. The second-order valence-corrected chi connectivity index (χ2v) is 7.54. The molecule has 1 aliphatic heterocycles. The van der Waals surface area contributed by atoms with Crippen LogP contribution in [0.4, 0.5) is 14.5 Å². The maximum atomic E-state index is 13.4. The molecule has 0 saturated heterocycles. The number of hydrogen-bond donors (Lipinski definition) is 1. The van der Waals surface area contributed by atoms with E-state index < -0.39 is 17.5 Å². The molecule has 1 aliphatic carbocycles. The van der Waals surface area contributed by atoms with Crippen LogP contribution in [0, 0.1) is 11.6 Å². The van der Waals surface area contributed by atoms with Crippen LogP contribution >= 0.6 is 0 Å². The number of carbonyl (C=O) groups excluding carboxylic acids is 2. The minimum absolute atomic E-state index is 0.0440. The molecule has 2 aromatic rings. The highest BCUT2D eigenvalue weighted by molar-refractivity contribution is 6.04. The van der Waals surface area contributed by atoms with E-state index in [2.05, 4.69) is 5.32 Å². The van der Waals surface area contributed by atoms with Crippen molar-refractivity contribution < 1.29 is 18.4 Å². The third kappa shape index (κ3) is 4.06. The van der Waals surface area contributed by atoms with Crippen molar-refractivity contribution in [1.82, 2.24) is 4.90 Å². The van der Waals surface area contributed by atoms with Gasteiger partial charge in [0.2, 0.25) is 5.91 Å². The van der Waals surface area contributed by atoms with Gasteiger partial charge in [0.1, 0.15) is 0 Å². The summed E-state index contributed by atoms with van der Waals surface area (Å²) >= 11 is 0. The van der Waals surface area contributed by atoms with Gasteiger partial charge in [-0.05, 0) is 42.5 Å². The summed E-state index contributed by atoms with van der Waals surface area (Å²) < 4.78 is 26.5. The number of halogens is 2. The number of rotatable bonds is 5. The Morgan fingerprint density at radius 2 is 1.86 bits per heavy atom. The Balaban J connectivity index is 1.51. The summed E-state index contributed by atoms with van der Waals surface area (Å²) in [5, 5.41) is 2.57. The molecule has 1 N–H and O–H groups in total. The number of nitrogens with zero attached hydrogens (tertiary/aromatic N) is 1. The lowest BCUT2D eigenvalue weighted by Crippen LogP contribution is -2.36. The van der Waals surface area contributed by atoms with E-state index in [1.165, 1.54) is 6.07 Å². The van der Waals surface area contributed by atoms with E-state index in [0.717, 1.165) is 49.0 Å². The van der Waals surface area contributed by atoms with Crippen molar-refractivity contribution in [3.8, 4) is 0 Å². The minimum atomic E-state index is -1.02. The fourth-order valence-electron chi connectivity index (χ4n) is 4.23. The number of amides is 2. The van der Waals surface area contributed by atoms with Crippen molar-refractivity contribution in [2.24, 2.45) is 0 Å². The smallest absolute Gasteiger partial charge is 0.251 e. The van der Waals surface area contributed by atoms with Crippen molar-refractivity contribution in [2.45, 2.75) is 44.7 Å². The van der Waals surface area contributed by atoms with Gasteiger partial charge in [-0.3, -0.25) is 9.59 Å². The van der Waals surface area contributed by atoms with Crippen molar-refractivity contribution >= 4 is 17.5 Å². The van der Waals surface area contributed by atoms with Crippen LogP contribution in [0.3, 0.4) is 0 Å². The molecule has 4 rings (SSSR count). The topological polar surface area (TPSA) is 49.4 Å². The molecule has 2 aromatic carbocycles.